The minimum atomic E-state index is -4.20. The predicted molar refractivity (Wildman–Crippen MR) is 109 cm³/mol. The molecule has 3 unspecified atom stereocenters. The van der Waals surface area contributed by atoms with Crippen LogP contribution in [-0.2, 0) is 11.3 Å². The molecule has 1 fully saturated rings. The van der Waals surface area contributed by atoms with E-state index in [1.165, 1.54) is 0 Å². The summed E-state index contributed by atoms with van der Waals surface area (Å²) in [6.45, 7) is 5.44. The lowest BCUT2D eigenvalue weighted by Crippen LogP contribution is -2.33. The van der Waals surface area contributed by atoms with Crippen molar-refractivity contribution in [2.75, 3.05) is 0 Å². The monoisotopic (exact) mass is 427 g/mol. The van der Waals surface area contributed by atoms with Crippen LogP contribution in [0.2, 0.25) is 5.02 Å². The number of alkyl halides is 3. The maximum Gasteiger partial charge on any atom is 0.391 e. The molecule has 158 valence electrons. The van der Waals surface area contributed by atoms with Crippen molar-refractivity contribution in [1.29, 1.82) is 0 Å². The first-order valence-electron chi connectivity index (χ1n) is 9.78. The van der Waals surface area contributed by atoms with Crippen LogP contribution in [-0.4, -0.2) is 21.8 Å². The zero-order valence-corrected chi connectivity index (χ0v) is 17.4. The van der Waals surface area contributed by atoms with E-state index in [9.17, 15) is 23.1 Å². The molecule has 1 N–H and O–H groups in total. The number of benzene rings is 1. The molecular formula is C22H25ClF3NO2. The molecule has 1 saturated carbocycles. The quantitative estimate of drug-likeness (QED) is 0.589. The first-order chi connectivity index (χ1) is 13.5. The van der Waals surface area contributed by atoms with Gasteiger partial charge >= 0.3 is 12.1 Å². The van der Waals surface area contributed by atoms with Gasteiger partial charge in [-0.3, -0.25) is 4.79 Å². The number of allylic oxidation sites excluding steroid dienone is 2. The Morgan fingerprint density at radius 3 is 2.62 bits per heavy atom. The summed E-state index contributed by atoms with van der Waals surface area (Å²) in [6, 6.07) is 5.27. The summed E-state index contributed by atoms with van der Waals surface area (Å²) < 4.78 is 42.0. The Morgan fingerprint density at radius 1 is 1.34 bits per heavy atom. The number of rotatable bonds is 4. The van der Waals surface area contributed by atoms with Crippen LogP contribution < -0.4 is 0 Å². The van der Waals surface area contributed by atoms with Gasteiger partial charge in [0, 0.05) is 21.7 Å². The van der Waals surface area contributed by atoms with E-state index in [0.717, 1.165) is 22.2 Å². The van der Waals surface area contributed by atoms with E-state index in [-0.39, 0.29) is 31.2 Å². The highest BCUT2D eigenvalue weighted by molar-refractivity contribution is 6.31. The molecule has 0 spiro atoms. The molecule has 1 aromatic carbocycles. The second kappa shape index (κ2) is 8.05. The number of carboxylic acid groups (broad SMARTS) is 1. The first kappa shape index (κ1) is 21.8. The Balaban J connectivity index is 2.15. The number of carbonyl (C=O) groups is 1. The molecule has 3 rings (SSSR count). The third kappa shape index (κ3) is 4.18. The molecule has 3 nitrogen and oxygen atoms in total. The van der Waals surface area contributed by atoms with Gasteiger partial charge in [0.15, 0.2) is 0 Å². The van der Waals surface area contributed by atoms with Crippen molar-refractivity contribution < 1.29 is 23.1 Å². The fourth-order valence-corrected chi connectivity index (χ4v) is 4.92. The van der Waals surface area contributed by atoms with E-state index in [0.29, 0.717) is 17.0 Å². The minimum Gasteiger partial charge on any atom is -0.480 e. The molecule has 7 heteroatoms. The van der Waals surface area contributed by atoms with E-state index in [1.54, 1.807) is 16.7 Å². The average molecular weight is 428 g/mol. The van der Waals surface area contributed by atoms with E-state index < -0.39 is 18.1 Å². The molecule has 3 atom stereocenters. The molecular weight excluding hydrogens is 403 g/mol. The molecule has 1 heterocycles. The van der Waals surface area contributed by atoms with Gasteiger partial charge in [0.25, 0.3) is 0 Å². The third-order valence-electron chi connectivity index (χ3n) is 6.24. The highest BCUT2D eigenvalue weighted by atomic mass is 35.5. The number of fused-ring (bicyclic) bond motifs is 1. The van der Waals surface area contributed by atoms with E-state index in [1.807, 2.05) is 32.9 Å². The van der Waals surface area contributed by atoms with Gasteiger partial charge in [-0.2, -0.15) is 13.2 Å². The maximum absolute atomic E-state index is 13.4. The van der Waals surface area contributed by atoms with Crippen LogP contribution in [0.3, 0.4) is 0 Å². The van der Waals surface area contributed by atoms with Crippen LogP contribution in [0, 0.1) is 24.7 Å². The zero-order valence-electron chi connectivity index (χ0n) is 16.7. The SMILES string of the molecule is C/C=C(/c1c(C)n(CC(=O)O)c2cc(Cl)ccc12)C1CC(C(F)(F)F)CCC1C. The standard InChI is InChI=1S/C22H25ClF3NO2/c1-4-16(18-9-14(22(24,25)26)6-5-12(18)2)21-13(3)27(11-20(28)29)19-10-15(23)7-8-17(19)21/h4,7-8,10,12,14,18H,5-6,9,11H2,1-3H3,(H,28,29)/b16-4+. The maximum atomic E-state index is 13.4. The van der Waals surface area contributed by atoms with Gasteiger partial charge in [-0.1, -0.05) is 30.7 Å². The largest absolute Gasteiger partial charge is 0.480 e. The van der Waals surface area contributed by atoms with Crippen LogP contribution in [0.5, 0.6) is 0 Å². The van der Waals surface area contributed by atoms with Gasteiger partial charge in [0.2, 0.25) is 0 Å². The average Bonchev–Trinajstić information content (AvgIpc) is 2.88. The van der Waals surface area contributed by atoms with Crippen LogP contribution in [0.25, 0.3) is 16.5 Å². The van der Waals surface area contributed by atoms with Crippen LogP contribution in [0.4, 0.5) is 13.2 Å². The number of aliphatic carboxylic acids is 1. The van der Waals surface area contributed by atoms with Crippen molar-refractivity contribution in [3.63, 3.8) is 0 Å². The lowest BCUT2D eigenvalue weighted by atomic mass is 9.69. The number of halogens is 4. The molecule has 0 bridgehead atoms. The molecule has 1 aromatic heterocycles. The Bertz CT molecular complexity index is 961. The Morgan fingerprint density at radius 2 is 2.03 bits per heavy atom. The zero-order chi connectivity index (χ0) is 21.5. The Hall–Kier alpha value is -1.95. The number of nitrogens with zero attached hydrogens (tertiary/aromatic N) is 1. The third-order valence-corrected chi connectivity index (χ3v) is 6.47. The molecule has 2 aromatic rings. The lowest BCUT2D eigenvalue weighted by molar-refractivity contribution is -0.186. The topological polar surface area (TPSA) is 42.2 Å². The smallest absolute Gasteiger partial charge is 0.391 e. The summed E-state index contributed by atoms with van der Waals surface area (Å²) in [5, 5.41) is 10.7. The molecule has 1 aliphatic rings. The highest BCUT2D eigenvalue weighted by Gasteiger charge is 2.45. The molecule has 1 aliphatic carbocycles. The minimum absolute atomic E-state index is 0.0585. The summed E-state index contributed by atoms with van der Waals surface area (Å²) >= 11 is 6.14. The van der Waals surface area contributed by atoms with Crippen molar-refractivity contribution in [2.45, 2.75) is 52.8 Å². The molecule has 0 aliphatic heterocycles. The Labute approximate surface area is 173 Å². The summed E-state index contributed by atoms with van der Waals surface area (Å²) in [7, 11) is 0. The number of aromatic nitrogens is 1. The van der Waals surface area contributed by atoms with Crippen molar-refractivity contribution in [3.8, 4) is 0 Å². The normalized spacial score (nSPS) is 23.6. The van der Waals surface area contributed by atoms with Crippen molar-refractivity contribution in [3.05, 3.63) is 40.6 Å². The first-order valence-corrected chi connectivity index (χ1v) is 10.2. The summed E-state index contributed by atoms with van der Waals surface area (Å²) in [5.74, 6) is -2.41. The lowest BCUT2D eigenvalue weighted by Gasteiger charge is -2.37. The van der Waals surface area contributed by atoms with Gasteiger partial charge in [-0.25, -0.2) is 0 Å². The van der Waals surface area contributed by atoms with Gasteiger partial charge in [-0.05, 0) is 62.7 Å². The number of hydrogen-bond acceptors (Lipinski definition) is 1. The summed E-state index contributed by atoms with van der Waals surface area (Å²) in [5.41, 5.74) is 3.11. The molecule has 29 heavy (non-hydrogen) atoms. The van der Waals surface area contributed by atoms with Gasteiger partial charge < -0.3 is 9.67 Å². The van der Waals surface area contributed by atoms with Crippen molar-refractivity contribution in [1.82, 2.24) is 4.57 Å². The fraction of sp³-hybridized carbons (Fsp3) is 0.500. The van der Waals surface area contributed by atoms with Crippen molar-refractivity contribution in [2.24, 2.45) is 17.8 Å². The Kier molecular flexibility index (Phi) is 6.04. The van der Waals surface area contributed by atoms with E-state index in [4.69, 9.17) is 11.6 Å². The van der Waals surface area contributed by atoms with Crippen LogP contribution in [0.15, 0.2) is 24.3 Å². The van der Waals surface area contributed by atoms with E-state index >= 15 is 0 Å². The predicted octanol–water partition coefficient (Wildman–Crippen LogP) is 6.71. The van der Waals surface area contributed by atoms with E-state index in [2.05, 4.69) is 0 Å². The summed E-state index contributed by atoms with van der Waals surface area (Å²) in [6.07, 6.45) is -1.57. The van der Waals surface area contributed by atoms with Crippen LogP contribution in [0.1, 0.15) is 44.4 Å². The molecule has 0 amide bonds. The molecule has 0 saturated heterocycles. The number of carboxylic acids is 1. The second-order valence-corrected chi connectivity index (χ2v) is 8.42. The van der Waals surface area contributed by atoms with Gasteiger partial charge in [0.05, 0.1) is 11.4 Å². The fourth-order valence-electron chi connectivity index (χ4n) is 4.75. The van der Waals surface area contributed by atoms with Crippen LogP contribution >= 0.6 is 11.6 Å². The molecule has 0 radical (unpaired) electrons. The second-order valence-electron chi connectivity index (χ2n) is 7.98. The van der Waals surface area contributed by atoms with Crippen molar-refractivity contribution >= 4 is 34.0 Å². The summed E-state index contributed by atoms with van der Waals surface area (Å²) in [4.78, 5) is 11.4. The number of hydrogen-bond donors (Lipinski definition) is 1. The van der Waals surface area contributed by atoms with Gasteiger partial charge in [0.1, 0.15) is 6.54 Å². The van der Waals surface area contributed by atoms with Gasteiger partial charge in [-0.15, -0.1) is 0 Å². The highest BCUT2D eigenvalue weighted by Crippen LogP contribution is 2.48.